The number of fused-ring (bicyclic) bond motifs is 1. The number of carbonyl (C=O) groups is 2. The van der Waals surface area contributed by atoms with Crippen LogP contribution in [0.3, 0.4) is 0 Å². The van der Waals surface area contributed by atoms with Gasteiger partial charge in [0.15, 0.2) is 0 Å². The summed E-state index contributed by atoms with van der Waals surface area (Å²) in [5.41, 5.74) is 14.1. The fourth-order valence-corrected chi connectivity index (χ4v) is 6.94. The Labute approximate surface area is 242 Å². The van der Waals surface area contributed by atoms with Crippen molar-refractivity contribution in [2.24, 2.45) is 5.73 Å². The van der Waals surface area contributed by atoms with Crippen LogP contribution in [0.15, 0.2) is 48.0 Å². The molecule has 8 nitrogen and oxygen atoms in total. The Kier molecular flexibility index (Phi) is 8.68. The van der Waals surface area contributed by atoms with Gasteiger partial charge >= 0.3 is 153 Å². The summed E-state index contributed by atoms with van der Waals surface area (Å²) < 4.78 is 16.0. The third kappa shape index (κ3) is 6.29. The maximum atomic E-state index is 13.4. The average Bonchev–Trinajstić information content (AvgIpc) is 3.57. The van der Waals surface area contributed by atoms with Crippen molar-refractivity contribution in [2.45, 2.75) is 43.0 Å². The Morgan fingerprint density at radius 2 is 1.85 bits per heavy atom. The van der Waals surface area contributed by atoms with Crippen molar-refractivity contribution in [3.63, 3.8) is 0 Å². The second-order valence-corrected chi connectivity index (χ2v) is 16.1. The molecule has 1 amide bonds. The van der Waals surface area contributed by atoms with E-state index in [2.05, 4.69) is 33.0 Å². The van der Waals surface area contributed by atoms with Crippen LogP contribution in [0.4, 0.5) is 15.3 Å². The van der Waals surface area contributed by atoms with Crippen LogP contribution in [0.2, 0.25) is 11.4 Å². The zero-order valence-electron chi connectivity index (χ0n) is 23.0. The summed E-state index contributed by atoms with van der Waals surface area (Å²) in [7, 11) is 1.95. The first-order valence-corrected chi connectivity index (χ1v) is 18.9. The first-order valence-electron chi connectivity index (χ1n) is 13.4. The number of hydrogen-bond donors (Lipinski definition) is 1. The fraction of sp³-hybridized carbons (Fsp3) is 0.379. The molecule has 1 aliphatic rings. The van der Waals surface area contributed by atoms with E-state index in [1.165, 1.54) is 29.0 Å². The minimum absolute atomic E-state index is 0.201. The van der Waals surface area contributed by atoms with Crippen molar-refractivity contribution >= 4 is 53.1 Å². The van der Waals surface area contributed by atoms with Gasteiger partial charge in [-0.25, -0.2) is 9.37 Å². The van der Waals surface area contributed by atoms with E-state index in [-0.39, 0.29) is 18.1 Å². The zero-order valence-corrected chi connectivity index (χ0v) is 25.7. The number of carbonyl (C=O) groups excluding carboxylic acids is 2. The van der Waals surface area contributed by atoms with E-state index in [1.54, 1.807) is 12.1 Å². The van der Waals surface area contributed by atoms with E-state index in [0.29, 0.717) is 23.5 Å². The summed E-state index contributed by atoms with van der Waals surface area (Å²) in [5.74, 6) is 0.591. The van der Waals surface area contributed by atoms with Crippen LogP contribution in [0, 0.1) is 5.82 Å². The summed E-state index contributed by atoms with van der Waals surface area (Å²) in [6.45, 7) is 2.43. The van der Waals surface area contributed by atoms with Crippen LogP contribution in [-0.4, -0.2) is 71.1 Å². The van der Waals surface area contributed by atoms with Gasteiger partial charge in [-0.15, -0.1) is 11.3 Å². The van der Waals surface area contributed by atoms with E-state index in [4.69, 9.17) is 15.7 Å². The van der Waals surface area contributed by atoms with Gasteiger partial charge in [-0.3, -0.25) is 4.79 Å². The first-order chi connectivity index (χ1) is 19.2. The van der Waals surface area contributed by atoms with E-state index >= 15 is 0 Å². The van der Waals surface area contributed by atoms with Gasteiger partial charge in [0.25, 0.3) is 0 Å². The number of nitrogens with two attached hydrogens (primary N) is 1. The molecule has 1 saturated heterocycles. The quantitative estimate of drug-likeness (QED) is 0.254. The van der Waals surface area contributed by atoms with Gasteiger partial charge in [0, 0.05) is 17.4 Å². The summed E-state index contributed by atoms with van der Waals surface area (Å²) in [5, 5.41) is 2.72. The van der Waals surface area contributed by atoms with Crippen LogP contribution >= 0.6 is 11.3 Å². The van der Waals surface area contributed by atoms with Crippen molar-refractivity contribution in [2.75, 3.05) is 31.6 Å². The molecular weight excluding hydrogens is 590 g/mol. The van der Waals surface area contributed by atoms with E-state index < -0.39 is 14.7 Å². The molecule has 1 aromatic carbocycles. The molecule has 4 heterocycles. The SMILES string of the molecule is CN(c1nc(-c2ccc(F)cc2)cs1)c1c(CCC(N)=O)nc2ccc(C3CCN(CC(=O)[As](C)C)CC3)cn12. The minimum atomic E-state index is -1.32. The monoisotopic (exact) mass is 624 g/mol. The number of primary amides is 1. The van der Waals surface area contributed by atoms with Crippen LogP contribution in [-0.2, 0) is 16.0 Å². The number of hydrogen-bond acceptors (Lipinski definition) is 7. The molecule has 5 rings (SSSR count). The number of piperidine rings is 1. The Hall–Kier alpha value is -3.07. The molecule has 0 aliphatic carbocycles. The molecule has 0 saturated carbocycles. The summed E-state index contributed by atoms with van der Waals surface area (Å²) in [6.07, 6.45) is 4.78. The molecule has 0 unspecified atom stereocenters. The van der Waals surface area contributed by atoms with Gasteiger partial charge in [-0.05, 0) is 24.3 Å². The molecule has 0 spiro atoms. The molecule has 1 fully saturated rings. The van der Waals surface area contributed by atoms with Gasteiger partial charge in [0.1, 0.15) is 5.82 Å². The number of likely N-dealkylation sites (tertiary alicyclic amines) is 1. The Bertz CT molecular complexity index is 1510. The van der Waals surface area contributed by atoms with Gasteiger partial charge in [0.05, 0.1) is 5.69 Å². The number of anilines is 2. The van der Waals surface area contributed by atoms with E-state index in [9.17, 15) is 14.0 Å². The van der Waals surface area contributed by atoms with Crippen molar-refractivity contribution in [1.29, 1.82) is 0 Å². The fourth-order valence-electron chi connectivity index (χ4n) is 5.12. The van der Waals surface area contributed by atoms with Crippen molar-refractivity contribution in [3.05, 3.63) is 65.0 Å². The van der Waals surface area contributed by atoms with Crippen LogP contribution < -0.4 is 10.6 Å². The number of halogens is 1. The molecule has 1 aliphatic heterocycles. The number of thiazole rings is 1. The van der Waals surface area contributed by atoms with Gasteiger partial charge in [-0.2, -0.15) is 0 Å². The second kappa shape index (κ2) is 12.2. The molecule has 40 heavy (non-hydrogen) atoms. The van der Waals surface area contributed by atoms with Crippen LogP contribution in [0.1, 0.15) is 36.4 Å². The molecule has 11 heteroatoms. The topological polar surface area (TPSA) is 96.8 Å². The molecule has 0 atom stereocenters. The third-order valence-electron chi connectivity index (χ3n) is 7.45. The van der Waals surface area contributed by atoms with Gasteiger partial charge < -0.3 is 5.73 Å². The summed E-state index contributed by atoms with van der Waals surface area (Å²) >= 11 is 0.175. The number of rotatable bonds is 10. The van der Waals surface area contributed by atoms with Crippen LogP contribution in [0.5, 0.6) is 0 Å². The third-order valence-corrected chi connectivity index (χ3v) is 10.8. The van der Waals surface area contributed by atoms with Crippen molar-refractivity contribution in [3.8, 4) is 11.3 Å². The molecule has 210 valence electrons. The number of imidazole rings is 1. The van der Waals surface area contributed by atoms with Crippen molar-refractivity contribution < 1.29 is 14.0 Å². The number of benzene rings is 1. The standard InChI is InChI=1S/C29H34AsFN6O2S/c1-30(2)25(38)17-36-14-12-19(13-15-36)21-6-11-27-33-23(9-10-26(32)39)28(37(27)16-21)35(3)29-34-24(18-40-29)20-4-7-22(31)8-5-20/h4-8,11,16,18-19H,9-10,12-15,17H2,1-3H3,(H2,32,39). The zero-order chi connectivity index (χ0) is 28.4. The van der Waals surface area contributed by atoms with Gasteiger partial charge in [-0.1, -0.05) is 0 Å². The number of amides is 1. The van der Waals surface area contributed by atoms with E-state index in [1.807, 2.05) is 23.4 Å². The van der Waals surface area contributed by atoms with Crippen molar-refractivity contribution in [1.82, 2.24) is 19.3 Å². The van der Waals surface area contributed by atoms with Crippen LogP contribution in [0.25, 0.3) is 16.9 Å². The number of nitrogens with zero attached hydrogens (tertiary/aromatic N) is 5. The predicted molar refractivity (Wildman–Crippen MR) is 159 cm³/mol. The summed E-state index contributed by atoms with van der Waals surface area (Å²) in [6, 6.07) is 10.5. The molecule has 3 aromatic heterocycles. The predicted octanol–water partition coefficient (Wildman–Crippen LogP) is 4.82. The second-order valence-electron chi connectivity index (χ2n) is 10.5. The molecule has 4 aromatic rings. The number of aryl methyl sites for hydroxylation is 1. The Morgan fingerprint density at radius 1 is 1.12 bits per heavy atom. The average molecular weight is 625 g/mol. The first kappa shape index (κ1) is 28.5. The normalized spacial score (nSPS) is 14.7. The van der Waals surface area contributed by atoms with Gasteiger partial charge in [0.2, 0.25) is 5.91 Å². The number of pyridine rings is 1. The Morgan fingerprint density at radius 3 is 2.52 bits per heavy atom. The maximum absolute atomic E-state index is 13.4. The molecule has 0 bridgehead atoms. The van der Waals surface area contributed by atoms with E-state index in [0.717, 1.165) is 59.5 Å². The Balaban J connectivity index is 1.43. The molecule has 0 radical (unpaired) electrons. The molecular formula is C29H34AsFN6O2S. The molecule has 2 N–H and O–H groups in total. The number of aromatic nitrogens is 3. The summed E-state index contributed by atoms with van der Waals surface area (Å²) in [4.78, 5) is 37.9.